The number of amides is 1. The number of nitrogens with two attached hydrogens (primary N) is 1. The Bertz CT molecular complexity index is 702. The molecule has 1 amide bonds. The number of hydrogen-bond acceptors (Lipinski definition) is 4. The van der Waals surface area contributed by atoms with Crippen LogP contribution in [0.2, 0.25) is 0 Å². The van der Waals surface area contributed by atoms with Gasteiger partial charge in [0, 0.05) is 11.4 Å². The van der Waals surface area contributed by atoms with E-state index < -0.39 is 5.54 Å². The first-order valence-electron chi connectivity index (χ1n) is 9.38. The fourth-order valence-electron chi connectivity index (χ4n) is 3.52. The highest BCUT2D eigenvalue weighted by molar-refractivity contribution is 7.10. The van der Waals surface area contributed by atoms with Gasteiger partial charge in [0.1, 0.15) is 5.54 Å². The van der Waals surface area contributed by atoms with E-state index in [2.05, 4.69) is 34.7 Å². The van der Waals surface area contributed by atoms with E-state index in [-0.39, 0.29) is 36.8 Å². The summed E-state index contributed by atoms with van der Waals surface area (Å²) in [6, 6.07) is 14.0. The van der Waals surface area contributed by atoms with Crippen LogP contribution in [0, 0.1) is 5.92 Å². The standard InChI is InChI=1S/C21H29N3OS.2ClH/c1-16-10-12-24(13-11-16)18(19-9-6-14-26-19)15-23-20(25)21(2,22)17-7-4-3-5-8-17;;/h3-9,14,16,18H,10-13,15,22H2,1-2H3,(H,23,25);2*1H. The summed E-state index contributed by atoms with van der Waals surface area (Å²) in [5.41, 5.74) is 6.16. The second kappa shape index (κ2) is 11.2. The number of halogens is 2. The van der Waals surface area contributed by atoms with Crippen LogP contribution in [0.25, 0.3) is 0 Å². The summed E-state index contributed by atoms with van der Waals surface area (Å²) >= 11 is 1.76. The quantitative estimate of drug-likeness (QED) is 0.696. The van der Waals surface area contributed by atoms with Crippen LogP contribution < -0.4 is 11.1 Å². The maximum absolute atomic E-state index is 12.8. The first-order valence-corrected chi connectivity index (χ1v) is 10.3. The molecule has 1 aromatic carbocycles. The van der Waals surface area contributed by atoms with Crippen molar-refractivity contribution < 1.29 is 4.79 Å². The Hall–Kier alpha value is -1.11. The first-order chi connectivity index (χ1) is 12.5. The number of likely N-dealkylation sites (tertiary alicyclic amines) is 1. The minimum absolute atomic E-state index is 0. The highest BCUT2D eigenvalue weighted by Crippen LogP contribution is 2.29. The maximum Gasteiger partial charge on any atom is 0.244 e. The van der Waals surface area contributed by atoms with E-state index in [1.54, 1.807) is 18.3 Å². The second-order valence-electron chi connectivity index (χ2n) is 7.53. The summed E-state index contributed by atoms with van der Waals surface area (Å²) in [6.07, 6.45) is 2.43. The minimum Gasteiger partial charge on any atom is -0.352 e. The Balaban J connectivity index is 0.00000196. The summed E-state index contributed by atoms with van der Waals surface area (Å²) in [6.45, 7) is 6.85. The van der Waals surface area contributed by atoms with Crippen LogP contribution in [0.4, 0.5) is 0 Å². The summed E-state index contributed by atoms with van der Waals surface area (Å²) in [5.74, 6) is 0.658. The van der Waals surface area contributed by atoms with Gasteiger partial charge in [-0.05, 0) is 55.8 Å². The van der Waals surface area contributed by atoms with Gasteiger partial charge in [0.05, 0.1) is 6.04 Å². The molecule has 0 radical (unpaired) electrons. The molecule has 1 saturated heterocycles. The number of carbonyl (C=O) groups is 1. The Morgan fingerprint density at radius 1 is 1.21 bits per heavy atom. The molecule has 3 N–H and O–H groups in total. The van der Waals surface area contributed by atoms with Crippen molar-refractivity contribution >= 4 is 42.1 Å². The number of piperidine rings is 1. The average Bonchev–Trinajstić information content (AvgIpc) is 3.18. The van der Waals surface area contributed by atoms with E-state index in [0.717, 1.165) is 24.6 Å². The van der Waals surface area contributed by atoms with Crippen molar-refractivity contribution in [3.8, 4) is 0 Å². The molecule has 156 valence electrons. The molecule has 0 saturated carbocycles. The van der Waals surface area contributed by atoms with Gasteiger partial charge in [0.15, 0.2) is 0 Å². The van der Waals surface area contributed by atoms with Crippen LogP contribution in [0.1, 0.15) is 43.2 Å². The molecule has 1 fully saturated rings. The van der Waals surface area contributed by atoms with Crippen molar-refractivity contribution in [2.75, 3.05) is 19.6 Å². The van der Waals surface area contributed by atoms with Crippen LogP contribution in [0.15, 0.2) is 47.8 Å². The SMILES string of the molecule is CC1CCN(C(CNC(=O)C(C)(N)c2ccccc2)c2cccs2)CC1.Cl.Cl. The van der Waals surface area contributed by atoms with Gasteiger partial charge in [-0.3, -0.25) is 9.69 Å². The number of thiophene rings is 1. The molecule has 1 aromatic heterocycles. The molecular formula is C21H31Cl2N3OS. The summed E-state index contributed by atoms with van der Waals surface area (Å²) in [7, 11) is 0. The third kappa shape index (κ3) is 5.94. The third-order valence-electron chi connectivity index (χ3n) is 5.43. The van der Waals surface area contributed by atoms with Gasteiger partial charge in [-0.1, -0.05) is 43.3 Å². The molecule has 1 aliphatic rings. The van der Waals surface area contributed by atoms with E-state index in [1.807, 2.05) is 30.3 Å². The predicted molar refractivity (Wildman–Crippen MR) is 123 cm³/mol. The molecule has 2 aromatic rings. The zero-order valence-electron chi connectivity index (χ0n) is 16.5. The lowest BCUT2D eigenvalue weighted by Gasteiger charge is -2.37. The van der Waals surface area contributed by atoms with E-state index in [0.29, 0.717) is 6.54 Å². The highest BCUT2D eigenvalue weighted by atomic mass is 35.5. The molecule has 28 heavy (non-hydrogen) atoms. The molecule has 4 nitrogen and oxygen atoms in total. The second-order valence-corrected chi connectivity index (χ2v) is 8.51. The number of nitrogens with one attached hydrogen (secondary N) is 1. The smallest absolute Gasteiger partial charge is 0.244 e. The van der Waals surface area contributed by atoms with E-state index >= 15 is 0 Å². The zero-order valence-corrected chi connectivity index (χ0v) is 18.9. The van der Waals surface area contributed by atoms with Crippen molar-refractivity contribution in [1.29, 1.82) is 0 Å². The summed E-state index contributed by atoms with van der Waals surface area (Å²) in [4.78, 5) is 16.6. The van der Waals surface area contributed by atoms with E-state index in [4.69, 9.17) is 5.73 Å². The Morgan fingerprint density at radius 2 is 1.86 bits per heavy atom. The minimum atomic E-state index is -1.03. The lowest BCUT2D eigenvalue weighted by Crippen LogP contribution is -2.51. The number of benzene rings is 1. The van der Waals surface area contributed by atoms with Gasteiger partial charge >= 0.3 is 0 Å². The average molecular weight is 444 g/mol. The topological polar surface area (TPSA) is 58.4 Å². The summed E-state index contributed by atoms with van der Waals surface area (Å²) in [5, 5.41) is 5.22. The third-order valence-corrected chi connectivity index (χ3v) is 6.41. The lowest BCUT2D eigenvalue weighted by atomic mass is 9.92. The number of hydrogen-bond donors (Lipinski definition) is 2. The van der Waals surface area contributed by atoms with Crippen LogP contribution in [0.5, 0.6) is 0 Å². The Labute approximate surface area is 184 Å². The lowest BCUT2D eigenvalue weighted by molar-refractivity contribution is -0.126. The molecule has 0 aliphatic carbocycles. The van der Waals surface area contributed by atoms with Gasteiger partial charge in [-0.25, -0.2) is 0 Å². The molecule has 0 bridgehead atoms. The van der Waals surface area contributed by atoms with E-state index in [9.17, 15) is 4.79 Å². The molecule has 2 unspecified atom stereocenters. The Kier molecular flexibility index (Phi) is 9.95. The van der Waals surface area contributed by atoms with Crippen LogP contribution in [-0.4, -0.2) is 30.4 Å². The van der Waals surface area contributed by atoms with Gasteiger partial charge in [0.25, 0.3) is 0 Å². The molecule has 1 aliphatic heterocycles. The first kappa shape index (κ1) is 24.9. The van der Waals surface area contributed by atoms with Crippen LogP contribution in [-0.2, 0) is 10.3 Å². The van der Waals surface area contributed by atoms with Crippen molar-refractivity contribution in [2.24, 2.45) is 11.7 Å². The predicted octanol–water partition coefficient (Wildman–Crippen LogP) is 4.36. The van der Waals surface area contributed by atoms with Gasteiger partial charge in [-0.15, -0.1) is 36.2 Å². The van der Waals surface area contributed by atoms with Crippen molar-refractivity contribution in [2.45, 2.75) is 38.3 Å². The van der Waals surface area contributed by atoms with Gasteiger partial charge in [0.2, 0.25) is 5.91 Å². The molecule has 3 rings (SSSR count). The molecule has 0 spiro atoms. The van der Waals surface area contributed by atoms with Crippen molar-refractivity contribution in [1.82, 2.24) is 10.2 Å². The van der Waals surface area contributed by atoms with E-state index in [1.165, 1.54) is 17.7 Å². The maximum atomic E-state index is 12.8. The Morgan fingerprint density at radius 3 is 2.43 bits per heavy atom. The molecular weight excluding hydrogens is 413 g/mol. The van der Waals surface area contributed by atoms with Crippen molar-refractivity contribution in [3.63, 3.8) is 0 Å². The fraction of sp³-hybridized carbons (Fsp3) is 0.476. The number of rotatable bonds is 6. The fourth-order valence-corrected chi connectivity index (χ4v) is 4.38. The molecule has 7 heteroatoms. The van der Waals surface area contributed by atoms with Gasteiger partial charge < -0.3 is 11.1 Å². The largest absolute Gasteiger partial charge is 0.352 e. The molecule has 2 atom stereocenters. The molecule has 2 heterocycles. The van der Waals surface area contributed by atoms with Crippen LogP contribution >= 0.6 is 36.2 Å². The van der Waals surface area contributed by atoms with Crippen molar-refractivity contribution in [3.05, 3.63) is 58.3 Å². The zero-order chi connectivity index (χ0) is 18.6. The number of carbonyl (C=O) groups excluding carboxylic acids is 1. The monoisotopic (exact) mass is 443 g/mol. The van der Waals surface area contributed by atoms with Gasteiger partial charge in [-0.2, -0.15) is 0 Å². The number of nitrogens with zero attached hydrogens (tertiary/aromatic N) is 1. The highest BCUT2D eigenvalue weighted by Gasteiger charge is 2.32. The summed E-state index contributed by atoms with van der Waals surface area (Å²) < 4.78 is 0. The normalized spacial score (nSPS) is 18.2. The van der Waals surface area contributed by atoms with Crippen LogP contribution in [0.3, 0.4) is 0 Å².